The van der Waals surface area contributed by atoms with Crippen molar-refractivity contribution >= 4 is 11.6 Å². The molecule has 1 aromatic carbocycles. The van der Waals surface area contributed by atoms with E-state index in [4.69, 9.17) is 5.73 Å². The van der Waals surface area contributed by atoms with Crippen molar-refractivity contribution in [2.24, 2.45) is 5.92 Å². The topological polar surface area (TPSA) is 55.1 Å². The molecule has 0 heterocycles. The number of nitrogen functional groups attached to an aromatic ring is 1. The molecule has 1 amide bonds. The van der Waals surface area contributed by atoms with Crippen LogP contribution in [0.2, 0.25) is 0 Å². The highest BCUT2D eigenvalue weighted by Gasteiger charge is 2.09. The predicted octanol–water partition coefficient (Wildman–Crippen LogP) is 3.22. The Morgan fingerprint density at radius 2 is 1.94 bits per heavy atom. The van der Waals surface area contributed by atoms with Crippen LogP contribution in [0.3, 0.4) is 0 Å². The van der Waals surface area contributed by atoms with Crippen molar-refractivity contribution in [1.29, 1.82) is 0 Å². The smallest absolute Gasteiger partial charge is 0.251 e. The number of anilines is 1. The van der Waals surface area contributed by atoms with Crippen LogP contribution in [0.4, 0.5) is 5.69 Å². The van der Waals surface area contributed by atoms with Gasteiger partial charge in [0.1, 0.15) is 0 Å². The number of amides is 1. The summed E-state index contributed by atoms with van der Waals surface area (Å²) in [4.78, 5) is 11.9. The summed E-state index contributed by atoms with van der Waals surface area (Å²) in [5.74, 6) is 0.577. The minimum absolute atomic E-state index is 0.00931. The zero-order valence-corrected chi connectivity index (χ0v) is 11.4. The van der Waals surface area contributed by atoms with Crippen molar-refractivity contribution in [3.8, 4) is 0 Å². The number of hydrogen-bond acceptors (Lipinski definition) is 2. The number of unbranched alkanes of at least 4 members (excludes halogenated alkanes) is 1. The first-order valence-corrected chi connectivity index (χ1v) is 6.81. The summed E-state index contributed by atoms with van der Waals surface area (Å²) in [7, 11) is 0. The first-order chi connectivity index (χ1) is 8.67. The van der Waals surface area contributed by atoms with Gasteiger partial charge in [-0.15, -0.1) is 0 Å². The first-order valence-electron chi connectivity index (χ1n) is 6.81. The van der Waals surface area contributed by atoms with E-state index in [1.807, 2.05) is 0 Å². The highest BCUT2D eigenvalue weighted by Crippen LogP contribution is 2.12. The van der Waals surface area contributed by atoms with E-state index in [0.29, 0.717) is 17.2 Å². The maximum absolute atomic E-state index is 11.9. The number of benzene rings is 1. The summed E-state index contributed by atoms with van der Waals surface area (Å²) < 4.78 is 0. The molecule has 0 spiro atoms. The van der Waals surface area contributed by atoms with Crippen molar-refractivity contribution in [1.82, 2.24) is 5.32 Å². The van der Waals surface area contributed by atoms with E-state index in [1.165, 1.54) is 19.3 Å². The van der Waals surface area contributed by atoms with Gasteiger partial charge in [0.05, 0.1) is 0 Å². The minimum Gasteiger partial charge on any atom is -0.399 e. The lowest BCUT2D eigenvalue weighted by atomic mass is 9.99. The van der Waals surface area contributed by atoms with E-state index in [0.717, 1.165) is 13.0 Å². The van der Waals surface area contributed by atoms with Crippen molar-refractivity contribution in [2.45, 2.75) is 39.5 Å². The van der Waals surface area contributed by atoms with Crippen molar-refractivity contribution in [3.05, 3.63) is 29.8 Å². The normalized spacial score (nSPS) is 12.1. The number of carbonyl (C=O) groups excluding carboxylic acids is 1. The second kappa shape index (κ2) is 7.75. The average Bonchev–Trinajstić information content (AvgIpc) is 2.39. The number of nitrogens with two attached hydrogens (primary N) is 1. The van der Waals surface area contributed by atoms with Gasteiger partial charge in [0.25, 0.3) is 5.91 Å². The largest absolute Gasteiger partial charge is 0.399 e. The maximum Gasteiger partial charge on any atom is 0.251 e. The lowest BCUT2D eigenvalue weighted by molar-refractivity contribution is 0.0946. The number of hydrogen-bond donors (Lipinski definition) is 2. The molecule has 0 saturated carbocycles. The maximum atomic E-state index is 11.9. The molecule has 0 aliphatic rings. The molecule has 0 aromatic heterocycles. The summed E-state index contributed by atoms with van der Waals surface area (Å²) in [5, 5.41) is 3.00. The monoisotopic (exact) mass is 248 g/mol. The minimum atomic E-state index is -0.00931. The van der Waals surface area contributed by atoms with Crippen molar-refractivity contribution < 1.29 is 4.79 Å². The second-order valence-corrected chi connectivity index (χ2v) is 4.75. The lowest BCUT2D eigenvalue weighted by Crippen LogP contribution is -2.29. The first kappa shape index (κ1) is 14.6. The third-order valence-electron chi connectivity index (χ3n) is 3.27. The Labute approximate surface area is 110 Å². The Balaban J connectivity index is 2.42. The summed E-state index contributed by atoms with van der Waals surface area (Å²) in [5.41, 5.74) is 6.95. The van der Waals surface area contributed by atoms with Crippen molar-refractivity contribution in [2.75, 3.05) is 12.3 Å². The van der Waals surface area contributed by atoms with Gasteiger partial charge in [-0.1, -0.05) is 33.1 Å². The van der Waals surface area contributed by atoms with E-state index in [9.17, 15) is 4.79 Å². The third-order valence-corrected chi connectivity index (χ3v) is 3.27. The van der Waals surface area contributed by atoms with Gasteiger partial charge in [-0.25, -0.2) is 0 Å². The quantitative estimate of drug-likeness (QED) is 0.728. The van der Waals surface area contributed by atoms with Crippen LogP contribution in [0.5, 0.6) is 0 Å². The van der Waals surface area contributed by atoms with Gasteiger partial charge in [0.15, 0.2) is 0 Å². The van der Waals surface area contributed by atoms with E-state index >= 15 is 0 Å². The van der Waals surface area contributed by atoms with E-state index in [-0.39, 0.29) is 5.91 Å². The van der Waals surface area contributed by atoms with Crippen LogP contribution >= 0.6 is 0 Å². The molecule has 1 rings (SSSR count). The SMILES string of the molecule is CCCCC(CC)CNC(=O)c1ccc(N)cc1. The summed E-state index contributed by atoms with van der Waals surface area (Å²) in [6.45, 7) is 5.13. The van der Waals surface area contributed by atoms with Crippen LogP contribution in [0.15, 0.2) is 24.3 Å². The van der Waals surface area contributed by atoms with Gasteiger partial charge in [-0.2, -0.15) is 0 Å². The molecule has 1 unspecified atom stereocenters. The fraction of sp³-hybridized carbons (Fsp3) is 0.533. The van der Waals surface area contributed by atoms with Gasteiger partial charge < -0.3 is 11.1 Å². The Morgan fingerprint density at radius 3 is 2.50 bits per heavy atom. The summed E-state index contributed by atoms with van der Waals surface area (Å²) in [6.07, 6.45) is 4.75. The van der Waals surface area contributed by atoms with E-state index < -0.39 is 0 Å². The molecule has 0 aliphatic heterocycles. The molecule has 18 heavy (non-hydrogen) atoms. The number of nitrogens with one attached hydrogen (secondary N) is 1. The fourth-order valence-electron chi connectivity index (χ4n) is 1.92. The lowest BCUT2D eigenvalue weighted by Gasteiger charge is -2.15. The molecule has 0 saturated heterocycles. The van der Waals surface area contributed by atoms with Gasteiger partial charge in [0.2, 0.25) is 0 Å². The molecule has 0 fully saturated rings. The molecular formula is C15H24N2O. The average molecular weight is 248 g/mol. The number of rotatable bonds is 7. The fourth-order valence-corrected chi connectivity index (χ4v) is 1.92. The molecule has 100 valence electrons. The molecule has 1 aromatic rings. The second-order valence-electron chi connectivity index (χ2n) is 4.75. The molecular weight excluding hydrogens is 224 g/mol. The molecule has 3 heteroatoms. The van der Waals surface area contributed by atoms with Crippen LogP contribution in [0.25, 0.3) is 0 Å². The molecule has 3 N–H and O–H groups in total. The zero-order valence-electron chi connectivity index (χ0n) is 11.4. The van der Waals surface area contributed by atoms with Crippen LogP contribution in [0, 0.1) is 5.92 Å². The zero-order chi connectivity index (χ0) is 13.4. The molecule has 0 radical (unpaired) electrons. The van der Waals surface area contributed by atoms with Gasteiger partial charge in [-0.3, -0.25) is 4.79 Å². The van der Waals surface area contributed by atoms with E-state index in [2.05, 4.69) is 19.2 Å². The van der Waals surface area contributed by atoms with E-state index in [1.54, 1.807) is 24.3 Å². The van der Waals surface area contributed by atoms with Crippen LogP contribution in [0.1, 0.15) is 49.9 Å². The third kappa shape index (κ3) is 4.78. The molecule has 3 nitrogen and oxygen atoms in total. The number of carbonyl (C=O) groups is 1. The standard InChI is InChI=1S/C15H24N2O/c1-3-5-6-12(4-2)11-17-15(18)13-7-9-14(16)10-8-13/h7-10,12H,3-6,11,16H2,1-2H3,(H,17,18). The summed E-state index contributed by atoms with van der Waals surface area (Å²) in [6, 6.07) is 7.03. The van der Waals surface area contributed by atoms with Crippen LogP contribution < -0.4 is 11.1 Å². The Bertz CT molecular complexity index is 359. The van der Waals surface area contributed by atoms with Crippen LogP contribution in [-0.2, 0) is 0 Å². The predicted molar refractivity (Wildman–Crippen MR) is 76.5 cm³/mol. The van der Waals surface area contributed by atoms with Crippen LogP contribution in [-0.4, -0.2) is 12.5 Å². The Kier molecular flexibility index (Phi) is 6.26. The van der Waals surface area contributed by atoms with Gasteiger partial charge >= 0.3 is 0 Å². The molecule has 1 atom stereocenters. The van der Waals surface area contributed by atoms with Crippen molar-refractivity contribution in [3.63, 3.8) is 0 Å². The van der Waals surface area contributed by atoms with Gasteiger partial charge in [0, 0.05) is 17.8 Å². The highest BCUT2D eigenvalue weighted by molar-refractivity contribution is 5.94. The molecule has 0 aliphatic carbocycles. The van der Waals surface area contributed by atoms with Gasteiger partial charge in [-0.05, 0) is 36.6 Å². The molecule has 0 bridgehead atoms. The Morgan fingerprint density at radius 1 is 1.28 bits per heavy atom. The Hall–Kier alpha value is -1.51. The summed E-state index contributed by atoms with van der Waals surface area (Å²) >= 11 is 0. The highest BCUT2D eigenvalue weighted by atomic mass is 16.1.